The summed E-state index contributed by atoms with van der Waals surface area (Å²) in [6.45, 7) is 0. The number of alkyl halides is 2. The van der Waals surface area contributed by atoms with Gasteiger partial charge in [0.2, 0.25) is 5.91 Å². The number of halogens is 2. The molecule has 0 spiro atoms. The van der Waals surface area contributed by atoms with Crippen molar-refractivity contribution in [2.75, 3.05) is 5.32 Å². The predicted molar refractivity (Wildman–Crippen MR) is 83.7 cm³/mol. The number of thioether (sulfide) groups is 1. The highest BCUT2D eigenvalue weighted by molar-refractivity contribution is 7.99. The molecule has 23 heavy (non-hydrogen) atoms. The number of nitro groups is 1. The summed E-state index contributed by atoms with van der Waals surface area (Å²) < 4.78 is 24.4. The van der Waals surface area contributed by atoms with Crippen LogP contribution >= 0.6 is 11.8 Å². The number of nitro benzene ring substituents is 1. The Labute approximate surface area is 134 Å². The van der Waals surface area contributed by atoms with Crippen LogP contribution in [-0.2, 0) is 11.2 Å². The lowest BCUT2D eigenvalue weighted by molar-refractivity contribution is -0.385. The molecule has 1 N–H and O–H groups in total. The molecule has 2 aromatic rings. The van der Waals surface area contributed by atoms with Crippen LogP contribution in [0.1, 0.15) is 5.56 Å². The van der Waals surface area contributed by atoms with Crippen LogP contribution in [0.2, 0.25) is 0 Å². The van der Waals surface area contributed by atoms with Gasteiger partial charge >= 0.3 is 0 Å². The Bertz CT molecular complexity index is 708. The van der Waals surface area contributed by atoms with Crippen molar-refractivity contribution < 1.29 is 18.5 Å². The fraction of sp³-hybridized carbons (Fsp3) is 0.133. The van der Waals surface area contributed by atoms with Crippen molar-refractivity contribution in [2.24, 2.45) is 0 Å². The van der Waals surface area contributed by atoms with Crippen molar-refractivity contribution in [2.45, 2.75) is 17.1 Å². The molecule has 0 heterocycles. The third kappa shape index (κ3) is 5.03. The average Bonchev–Trinajstić information content (AvgIpc) is 2.49. The molecule has 8 heteroatoms. The first-order valence-corrected chi connectivity index (χ1v) is 7.40. The van der Waals surface area contributed by atoms with Gasteiger partial charge in [-0.25, -0.2) is 0 Å². The SMILES string of the molecule is O=C(Cc1ccccc1[N+](=O)[O-])Nc1ccc(SC(F)F)cc1. The first-order valence-electron chi connectivity index (χ1n) is 6.52. The van der Waals surface area contributed by atoms with E-state index in [2.05, 4.69) is 5.32 Å². The van der Waals surface area contributed by atoms with Gasteiger partial charge in [0.05, 0.1) is 11.3 Å². The van der Waals surface area contributed by atoms with E-state index >= 15 is 0 Å². The van der Waals surface area contributed by atoms with E-state index in [1.807, 2.05) is 0 Å². The molecular formula is C15H12F2N2O3S. The lowest BCUT2D eigenvalue weighted by Crippen LogP contribution is -2.15. The first-order chi connectivity index (χ1) is 11.0. The molecule has 0 aliphatic heterocycles. The topological polar surface area (TPSA) is 72.2 Å². The van der Waals surface area contributed by atoms with Crippen molar-refractivity contribution in [1.82, 2.24) is 0 Å². The number of carbonyl (C=O) groups excluding carboxylic acids is 1. The zero-order valence-corrected chi connectivity index (χ0v) is 12.6. The maximum Gasteiger partial charge on any atom is 0.288 e. The number of hydrogen-bond donors (Lipinski definition) is 1. The molecule has 0 bridgehead atoms. The largest absolute Gasteiger partial charge is 0.326 e. The molecule has 0 aromatic heterocycles. The summed E-state index contributed by atoms with van der Waals surface area (Å²) in [5, 5.41) is 13.5. The van der Waals surface area contributed by atoms with Crippen LogP contribution in [0.4, 0.5) is 20.2 Å². The first kappa shape index (κ1) is 16.9. The van der Waals surface area contributed by atoms with Crippen LogP contribution in [0.3, 0.4) is 0 Å². The van der Waals surface area contributed by atoms with Gasteiger partial charge in [-0.1, -0.05) is 30.0 Å². The fourth-order valence-corrected chi connectivity index (χ4v) is 2.44. The molecule has 2 rings (SSSR count). The Kier molecular flexibility index (Phi) is 5.64. The Hall–Kier alpha value is -2.48. The molecule has 5 nitrogen and oxygen atoms in total. The van der Waals surface area contributed by atoms with Crippen molar-refractivity contribution in [1.29, 1.82) is 0 Å². The Morgan fingerprint density at radius 3 is 2.43 bits per heavy atom. The van der Waals surface area contributed by atoms with Gasteiger partial charge in [0.15, 0.2) is 0 Å². The van der Waals surface area contributed by atoms with Crippen LogP contribution in [0.15, 0.2) is 53.4 Å². The van der Waals surface area contributed by atoms with Gasteiger partial charge < -0.3 is 5.32 Å². The van der Waals surface area contributed by atoms with Crippen molar-refractivity contribution in [3.05, 3.63) is 64.2 Å². The van der Waals surface area contributed by atoms with E-state index < -0.39 is 16.6 Å². The molecule has 0 aliphatic rings. The number of hydrogen-bond acceptors (Lipinski definition) is 4. The second kappa shape index (κ2) is 7.68. The van der Waals surface area contributed by atoms with Crippen LogP contribution < -0.4 is 5.32 Å². The van der Waals surface area contributed by atoms with Gasteiger partial charge in [-0.05, 0) is 24.3 Å². The van der Waals surface area contributed by atoms with Gasteiger partial charge in [-0.15, -0.1) is 0 Å². The molecule has 0 fully saturated rings. The summed E-state index contributed by atoms with van der Waals surface area (Å²) in [6.07, 6.45) is -0.148. The fourth-order valence-electron chi connectivity index (χ4n) is 1.94. The monoisotopic (exact) mass is 338 g/mol. The minimum atomic E-state index is -2.51. The highest BCUT2D eigenvalue weighted by atomic mass is 32.2. The van der Waals surface area contributed by atoms with Gasteiger partial charge in [0, 0.05) is 22.2 Å². The van der Waals surface area contributed by atoms with Crippen molar-refractivity contribution >= 4 is 29.0 Å². The Morgan fingerprint density at radius 2 is 1.83 bits per heavy atom. The summed E-state index contributed by atoms with van der Waals surface area (Å²) in [5.74, 6) is -2.93. The minimum absolute atomic E-state index is 0.119. The number of amides is 1. The van der Waals surface area contributed by atoms with Crippen LogP contribution in [0.25, 0.3) is 0 Å². The highest BCUT2D eigenvalue weighted by Crippen LogP contribution is 2.26. The second-order valence-electron chi connectivity index (χ2n) is 4.51. The summed E-state index contributed by atoms with van der Waals surface area (Å²) in [5.41, 5.74) is 0.624. The molecule has 0 unspecified atom stereocenters. The quantitative estimate of drug-likeness (QED) is 0.489. The zero-order valence-electron chi connectivity index (χ0n) is 11.7. The summed E-state index contributed by atoms with van der Waals surface area (Å²) in [6, 6.07) is 11.9. The molecule has 0 radical (unpaired) electrons. The Balaban J connectivity index is 2.01. The number of para-hydroxylation sites is 1. The van der Waals surface area contributed by atoms with E-state index in [-0.39, 0.29) is 12.1 Å². The average molecular weight is 338 g/mol. The van der Waals surface area contributed by atoms with Crippen molar-refractivity contribution in [3.63, 3.8) is 0 Å². The summed E-state index contributed by atoms with van der Waals surface area (Å²) in [7, 11) is 0. The van der Waals surface area contributed by atoms with E-state index in [0.29, 0.717) is 27.9 Å². The van der Waals surface area contributed by atoms with E-state index in [1.54, 1.807) is 6.07 Å². The molecule has 2 aromatic carbocycles. The third-order valence-corrected chi connectivity index (χ3v) is 3.63. The number of anilines is 1. The number of rotatable bonds is 6. The summed E-state index contributed by atoms with van der Waals surface area (Å²) in [4.78, 5) is 22.7. The van der Waals surface area contributed by atoms with E-state index in [4.69, 9.17) is 0 Å². The lowest BCUT2D eigenvalue weighted by atomic mass is 10.1. The van der Waals surface area contributed by atoms with Crippen LogP contribution in [-0.4, -0.2) is 16.6 Å². The minimum Gasteiger partial charge on any atom is -0.326 e. The Morgan fingerprint density at radius 1 is 1.17 bits per heavy atom. The normalized spacial score (nSPS) is 10.6. The number of benzene rings is 2. The van der Waals surface area contributed by atoms with E-state index in [9.17, 15) is 23.7 Å². The van der Waals surface area contributed by atoms with Gasteiger partial charge in [0.25, 0.3) is 11.4 Å². The summed E-state index contributed by atoms with van der Waals surface area (Å²) >= 11 is 0.413. The van der Waals surface area contributed by atoms with E-state index in [0.717, 1.165) is 0 Å². The maximum absolute atomic E-state index is 12.2. The number of carbonyl (C=O) groups is 1. The number of nitrogens with one attached hydrogen (secondary N) is 1. The zero-order chi connectivity index (χ0) is 16.8. The molecule has 120 valence electrons. The van der Waals surface area contributed by atoms with Crippen LogP contribution in [0, 0.1) is 10.1 Å². The molecule has 0 aliphatic carbocycles. The van der Waals surface area contributed by atoms with E-state index in [1.165, 1.54) is 42.5 Å². The van der Waals surface area contributed by atoms with Gasteiger partial charge in [-0.2, -0.15) is 8.78 Å². The van der Waals surface area contributed by atoms with Gasteiger partial charge in [0.1, 0.15) is 0 Å². The maximum atomic E-state index is 12.2. The standard InChI is InChI=1S/C15H12F2N2O3S/c16-15(17)23-12-7-5-11(6-8-12)18-14(20)9-10-3-1-2-4-13(10)19(21)22/h1-8,15H,9H2,(H,18,20). The number of nitrogens with zero attached hydrogens (tertiary/aromatic N) is 1. The second-order valence-corrected chi connectivity index (χ2v) is 5.58. The molecular weight excluding hydrogens is 326 g/mol. The predicted octanol–water partition coefficient (Wildman–Crippen LogP) is 4.09. The highest BCUT2D eigenvalue weighted by Gasteiger charge is 2.15. The smallest absolute Gasteiger partial charge is 0.288 e. The van der Waals surface area contributed by atoms with Gasteiger partial charge in [-0.3, -0.25) is 14.9 Å². The van der Waals surface area contributed by atoms with Crippen LogP contribution in [0.5, 0.6) is 0 Å². The third-order valence-electron chi connectivity index (χ3n) is 2.90. The molecule has 0 atom stereocenters. The molecule has 0 saturated carbocycles. The molecule has 0 saturated heterocycles. The lowest BCUT2D eigenvalue weighted by Gasteiger charge is -2.07. The van der Waals surface area contributed by atoms with Crippen molar-refractivity contribution in [3.8, 4) is 0 Å². The molecule has 1 amide bonds.